The van der Waals surface area contributed by atoms with E-state index in [1.165, 1.54) is 0 Å². The minimum atomic E-state index is -0.903. The highest BCUT2D eigenvalue weighted by Gasteiger charge is 2.41. The molecule has 1 unspecified atom stereocenters. The average molecular weight is 413 g/mol. The molecule has 2 aromatic carbocycles. The molecule has 0 spiro atoms. The normalized spacial score (nSPS) is 13.8. The Kier molecular flexibility index (Phi) is 5.89. The maximum absolute atomic E-state index is 13.5. The summed E-state index contributed by atoms with van der Waals surface area (Å²) in [6.07, 6.45) is 2.30. The van der Waals surface area contributed by atoms with Crippen LogP contribution in [0.4, 0.5) is 0 Å². The molecule has 1 aliphatic rings. The summed E-state index contributed by atoms with van der Waals surface area (Å²) in [5.41, 5.74) is 2.54. The lowest BCUT2D eigenvalue weighted by Crippen LogP contribution is -2.49. The van der Waals surface area contributed by atoms with Crippen molar-refractivity contribution >= 4 is 17.7 Å². The van der Waals surface area contributed by atoms with Gasteiger partial charge in [-0.05, 0) is 36.8 Å². The van der Waals surface area contributed by atoms with Crippen LogP contribution in [0.15, 0.2) is 79.0 Å². The SMILES string of the molecule is CC(C(=O)N(CCc1ccccn1)Cc1ccccc1)N1C(=O)c2ccccc2C1=O. The molecule has 1 atom stereocenters. The molecule has 0 fully saturated rings. The van der Waals surface area contributed by atoms with Crippen LogP contribution >= 0.6 is 0 Å². The van der Waals surface area contributed by atoms with Gasteiger partial charge >= 0.3 is 0 Å². The zero-order valence-corrected chi connectivity index (χ0v) is 17.3. The molecule has 3 amide bonds. The van der Waals surface area contributed by atoms with Crippen LogP contribution < -0.4 is 0 Å². The van der Waals surface area contributed by atoms with Crippen LogP contribution in [0, 0.1) is 0 Å². The highest BCUT2D eigenvalue weighted by Crippen LogP contribution is 2.25. The lowest BCUT2D eigenvalue weighted by Gasteiger charge is -2.29. The summed E-state index contributed by atoms with van der Waals surface area (Å²) in [5, 5.41) is 0. The van der Waals surface area contributed by atoms with Crippen LogP contribution in [0.2, 0.25) is 0 Å². The van der Waals surface area contributed by atoms with Gasteiger partial charge in [-0.25, -0.2) is 0 Å². The number of fused-ring (bicyclic) bond motifs is 1. The summed E-state index contributed by atoms with van der Waals surface area (Å²) >= 11 is 0. The van der Waals surface area contributed by atoms with E-state index in [1.54, 1.807) is 42.3 Å². The Morgan fingerprint density at radius 1 is 0.903 bits per heavy atom. The number of nitrogens with zero attached hydrogens (tertiary/aromatic N) is 3. The topological polar surface area (TPSA) is 70.6 Å². The van der Waals surface area contributed by atoms with Crippen LogP contribution in [0.1, 0.15) is 38.9 Å². The fourth-order valence-corrected chi connectivity index (χ4v) is 3.80. The second-order valence-electron chi connectivity index (χ2n) is 7.52. The minimum absolute atomic E-state index is 0.269. The van der Waals surface area contributed by atoms with Gasteiger partial charge in [0, 0.05) is 31.4 Å². The van der Waals surface area contributed by atoms with Gasteiger partial charge in [-0.3, -0.25) is 24.3 Å². The number of hydrogen-bond donors (Lipinski definition) is 0. The Morgan fingerprint density at radius 3 is 2.13 bits per heavy atom. The first-order valence-electron chi connectivity index (χ1n) is 10.3. The average Bonchev–Trinajstić information content (AvgIpc) is 3.07. The van der Waals surface area contributed by atoms with Crippen molar-refractivity contribution in [2.45, 2.75) is 25.9 Å². The first-order chi connectivity index (χ1) is 15.1. The maximum Gasteiger partial charge on any atom is 0.262 e. The molecular weight excluding hydrogens is 390 g/mol. The third kappa shape index (κ3) is 4.23. The number of pyridine rings is 1. The van der Waals surface area contributed by atoms with Gasteiger partial charge in [-0.15, -0.1) is 0 Å². The molecule has 2 heterocycles. The lowest BCUT2D eigenvalue weighted by atomic mass is 10.1. The number of amides is 3. The quantitative estimate of drug-likeness (QED) is 0.557. The minimum Gasteiger partial charge on any atom is -0.336 e. The molecule has 4 rings (SSSR count). The zero-order chi connectivity index (χ0) is 21.8. The van der Waals surface area contributed by atoms with Crippen molar-refractivity contribution in [3.8, 4) is 0 Å². The molecule has 6 nitrogen and oxygen atoms in total. The van der Waals surface area contributed by atoms with Gasteiger partial charge in [0.1, 0.15) is 6.04 Å². The van der Waals surface area contributed by atoms with E-state index in [1.807, 2.05) is 48.5 Å². The lowest BCUT2D eigenvalue weighted by molar-refractivity contribution is -0.135. The van der Waals surface area contributed by atoms with E-state index in [-0.39, 0.29) is 5.91 Å². The van der Waals surface area contributed by atoms with Gasteiger partial charge in [0.05, 0.1) is 11.1 Å². The van der Waals surface area contributed by atoms with Gasteiger partial charge in [0.15, 0.2) is 0 Å². The van der Waals surface area contributed by atoms with E-state index < -0.39 is 17.9 Å². The molecule has 3 aromatic rings. The van der Waals surface area contributed by atoms with E-state index in [4.69, 9.17) is 0 Å². The molecule has 0 N–H and O–H groups in total. The van der Waals surface area contributed by atoms with Crippen molar-refractivity contribution in [2.24, 2.45) is 0 Å². The standard InChI is InChI=1S/C25H23N3O3/c1-18(28-24(30)21-12-5-6-13-22(21)25(28)31)23(29)27(17-19-9-3-2-4-10-19)16-14-20-11-7-8-15-26-20/h2-13,15,18H,14,16-17H2,1H3. The molecule has 1 aliphatic heterocycles. The van der Waals surface area contributed by atoms with E-state index >= 15 is 0 Å². The monoisotopic (exact) mass is 413 g/mol. The smallest absolute Gasteiger partial charge is 0.262 e. The van der Waals surface area contributed by atoms with Crippen LogP contribution in [0.5, 0.6) is 0 Å². The van der Waals surface area contributed by atoms with Gasteiger partial charge in [-0.2, -0.15) is 0 Å². The summed E-state index contributed by atoms with van der Waals surface area (Å²) in [6, 6.07) is 21.1. The van der Waals surface area contributed by atoms with Crippen molar-refractivity contribution in [1.82, 2.24) is 14.8 Å². The summed E-state index contributed by atoms with van der Waals surface area (Å²) < 4.78 is 0. The molecule has 0 saturated carbocycles. The second kappa shape index (κ2) is 8.92. The summed E-state index contributed by atoms with van der Waals surface area (Å²) in [5.74, 6) is -1.12. The van der Waals surface area contributed by atoms with E-state index in [2.05, 4.69) is 4.98 Å². The van der Waals surface area contributed by atoms with Crippen molar-refractivity contribution in [3.05, 3.63) is 101 Å². The molecule has 0 bridgehead atoms. The number of carbonyl (C=O) groups is 3. The summed E-state index contributed by atoms with van der Waals surface area (Å²) in [7, 11) is 0. The van der Waals surface area contributed by atoms with E-state index in [9.17, 15) is 14.4 Å². The largest absolute Gasteiger partial charge is 0.336 e. The first kappa shape index (κ1) is 20.5. The van der Waals surface area contributed by atoms with Gasteiger partial charge in [0.25, 0.3) is 11.8 Å². The van der Waals surface area contributed by atoms with Crippen LogP contribution in [0.25, 0.3) is 0 Å². The fraction of sp³-hybridized carbons (Fsp3) is 0.200. The molecule has 0 radical (unpaired) electrons. The Labute approximate surface area is 181 Å². The van der Waals surface area contributed by atoms with Crippen LogP contribution in [-0.4, -0.2) is 45.1 Å². The molecule has 0 aliphatic carbocycles. The number of aromatic nitrogens is 1. The Balaban J connectivity index is 1.56. The molecule has 31 heavy (non-hydrogen) atoms. The number of benzene rings is 2. The Hall–Kier alpha value is -3.80. The summed E-state index contributed by atoms with van der Waals surface area (Å²) in [6.45, 7) is 2.43. The molecule has 6 heteroatoms. The number of carbonyl (C=O) groups excluding carboxylic acids is 3. The Bertz CT molecular complexity index is 1060. The number of rotatable bonds is 7. The van der Waals surface area contributed by atoms with Gasteiger partial charge in [0.2, 0.25) is 5.91 Å². The van der Waals surface area contributed by atoms with Crippen molar-refractivity contribution < 1.29 is 14.4 Å². The highest BCUT2D eigenvalue weighted by atomic mass is 16.2. The molecule has 0 saturated heterocycles. The third-order valence-corrected chi connectivity index (χ3v) is 5.46. The third-order valence-electron chi connectivity index (χ3n) is 5.46. The van der Waals surface area contributed by atoms with Gasteiger partial charge in [-0.1, -0.05) is 48.5 Å². The fourth-order valence-electron chi connectivity index (χ4n) is 3.80. The summed E-state index contributed by atoms with van der Waals surface area (Å²) in [4.78, 5) is 46.2. The van der Waals surface area contributed by atoms with Gasteiger partial charge < -0.3 is 4.90 Å². The predicted octanol–water partition coefficient (Wildman–Crippen LogP) is 3.34. The van der Waals surface area contributed by atoms with E-state index in [0.29, 0.717) is 30.6 Å². The maximum atomic E-state index is 13.5. The van der Waals surface area contributed by atoms with Crippen molar-refractivity contribution in [1.29, 1.82) is 0 Å². The zero-order valence-electron chi connectivity index (χ0n) is 17.3. The number of hydrogen-bond acceptors (Lipinski definition) is 4. The molecule has 156 valence electrons. The first-order valence-corrected chi connectivity index (χ1v) is 10.3. The number of imide groups is 1. The molecule has 1 aromatic heterocycles. The van der Waals surface area contributed by atoms with Crippen LogP contribution in [-0.2, 0) is 17.8 Å². The highest BCUT2D eigenvalue weighted by molar-refractivity contribution is 6.22. The van der Waals surface area contributed by atoms with Crippen LogP contribution in [0.3, 0.4) is 0 Å². The Morgan fingerprint density at radius 2 is 1.52 bits per heavy atom. The van der Waals surface area contributed by atoms with E-state index in [0.717, 1.165) is 16.2 Å². The predicted molar refractivity (Wildman–Crippen MR) is 116 cm³/mol. The van der Waals surface area contributed by atoms with Crippen molar-refractivity contribution in [2.75, 3.05) is 6.54 Å². The van der Waals surface area contributed by atoms with Crippen molar-refractivity contribution in [3.63, 3.8) is 0 Å². The molecular formula is C25H23N3O3. The second-order valence-corrected chi connectivity index (χ2v) is 7.52.